The number of hydrogen-bond donors (Lipinski definition) is 1. The van der Waals surface area contributed by atoms with Crippen LogP contribution < -0.4 is 4.72 Å². The van der Waals surface area contributed by atoms with Gasteiger partial charge in [0, 0.05) is 19.8 Å². The maximum Gasteiger partial charge on any atom is 0.221 e. The predicted octanol–water partition coefficient (Wildman–Crippen LogP) is 1.32. The van der Waals surface area contributed by atoms with Gasteiger partial charge in [-0.3, -0.25) is 0 Å². The Balaban J connectivity index is 3.31. The van der Waals surface area contributed by atoms with E-state index in [1.807, 2.05) is 0 Å². The van der Waals surface area contributed by atoms with E-state index in [0.717, 1.165) is 6.61 Å². The van der Waals surface area contributed by atoms with Gasteiger partial charge in [0.1, 0.15) is 4.66 Å². The zero-order chi connectivity index (χ0) is 11.0. The lowest BCUT2D eigenvalue weighted by molar-refractivity contribution is 0.109. The van der Waals surface area contributed by atoms with Gasteiger partial charge < -0.3 is 4.74 Å². The SMILES string of the molecule is CC(C)COCCCNS(=O)(=O)CBr. The van der Waals surface area contributed by atoms with Crippen molar-refractivity contribution < 1.29 is 13.2 Å². The molecule has 14 heavy (non-hydrogen) atoms. The largest absolute Gasteiger partial charge is 0.381 e. The molecule has 0 heterocycles. The van der Waals surface area contributed by atoms with E-state index in [-0.39, 0.29) is 4.66 Å². The third kappa shape index (κ3) is 8.93. The van der Waals surface area contributed by atoms with Crippen LogP contribution in [0.1, 0.15) is 20.3 Å². The van der Waals surface area contributed by atoms with Gasteiger partial charge in [-0.25, -0.2) is 13.1 Å². The first kappa shape index (κ1) is 14.3. The summed E-state index contributed by atoms with van der Waals surface area (Å²) in [7, 11) is -3.11. The fourth-order valence-electron chi connectivity index (χ4n) is 0.760. The number of nitrogens with one attached hydrogen (secondary N) is 1. The van der Waals surface area contributed by atoms with Crippen molar-refractivity contribution in [2.75, 3.05) is 24.4 Å². The average Bonchev–Trinajstić information content (AvgIpc) is 2.10. The lowest BCUT2D eigenvalue weighted by Gasteiger charge is -2.07. The summed E-state index contributed by atoms with van der Waals surface area (Å²) in [6.07, 6.45) is 0.707. The molecule has 1 N–H and O–H groups in total. The van der Waals surface area contributed by atoms with E-state index in [2.05, 4.69) is 34.5 Å². The van der Waals surface area contributed by atoms with Crippen molar-refractivity contribution in [3.63, 3.8) is 0 Å². The summed E-state index contributed by atoms with van der Waals surface area (Å²) in [4.78, 5) is 0. The quantitative estimate of drug-likeness (QED) is 0.541. The molecular formula is C8H18BrNO3S. The molecule has 0 spiro atoms. The van der Waals surface area contributed by atoms with Crippen molar-refractivity contribution >= 4 is 26.0 Å². The Morgan fingerprint density at radius 2 is 2.07 bits per heavy atom. The van der Waals surface area contributed by atoms with E-state index < -0.39 is 10.0 Å². The van der Waals surface area contributed by atoms with Crippen molar-refractivity contribution in [3.05, 3.63) is 0 Å². The Morgan fingerprint density at radius 3 is 2.57 bits per heavy atom. The van der Waals surface area contributed by atoms with E-state index in [4.69, 9.17) is 4.74 Å². The number of sulfonamides is 1. The second kappa shape index (κ2) is 7.62. The van der Waals surface area contributed by atoms with Crippen LogP contribution >= 0.6 is 15.9 Å². The predicted molar refractivity (Wildman–Crippen MR) is 61.0 cm³/mol. The minimum absolute atomic E-state index is 0.0488. The summed E-state index contributed by atoms with van der Waals surface area (Å²) in [5, 5.41) is 0. The molecule has 0 bridgehead atoms. The van der Waals surface area contributed by atoms with Crippen molar-refractivity contribution in [2.24, 2.45) is 5.92 Å². The van der Waals surface area contributed by atoms with Gasteiger partial charge >= 0.3 is 0 Å². The smallest absolute Gasteiger partial charge is 0.221 e. The third-order valence-electron chi connectivity index (χ3n) is 1.38. The van der Waals surface area contributed by atoms with Crippen molar-refractivity contribution in [1.29, 1.82) is 0 Å². The average molecular weight is 288 g/mol. The molecule has 6 heteroatoms. The topological polar surface area (TPSA) is 55.4 Å². The number of rotatable bonds is 8. The molecule has 0 saturated heterocycles. The Morgan fingerprint density at radius 1 is 1.43 bits per heavy atom. The van der Waals surface area contributed by atoms with Gasteiger partial charge in [0.15, 0.2) is 0 Å². The molecule has 0 rings (SSSR count). The highest BCUT2D eigenvalue weighted by Gasteiger charge is 2.05. The first-order valence-electron chi connectivity index (χ1n) is 4.59. The highest BCUT2D eigenvalue weighted by atomic mass is 79.9. The molecule has 0 aliphatic heterocycles. The molecule has 0 amide bonds. The zero-order valence-electron chi connectivity index (χ0n) is 8.62. The second-order valence-corrected chi connectivity index (χ2v) is 6.55. The van der Waals surface area contributed by atoms with E-state index in [0.29, 0.717) is 25.5 Å². The summed E-state index contributed by atoms with van der Waals surface area (Å²) in [6, 6.07) is 0. The van der Waals surface area contributed by atoms with Gasteiger partial charge in [-0.1, -0.05) is 29.8 Å². The minimum atomic E-state index is -3.11. The maximum atomic E-state index is 10.9. The van der Waals surface area contributed by atoms with Gasteiger partial charge in [-0.15, -0.1) is 0 Å². The highest BCUT2D eigenvalue weighted by molar-refractivity contribution is 9.10. The molecule has 0 saturated carbocycles. The van der Waals surface area contributed by atoms with Gasteiger partial charge in [0.05, 0.1) is 0 Å². The monoisotopic (exact) mass is 287 g/mol. The first-order valence-corrected chi connectivity index (χ1v) is 7.36. The number of alkyl halides is 1. The van der Waals surface area contributed by atoms with E-state index in [1.54, 1.807) is 0 Å². The molecule has 0 aliphatic rings. The van der Waals surface area contributed by atoms with E-state index >= 15 is 0 Å². The lowest BCUT2D eigenvalue weighted by atomic mass is 10.2. The second-order valence-electron chi connectivity index (χ2n) is 3.44. The summed E-state index contributed by atoms with van der Waals surface area (Å²) >= 11 is 2.89. The minimum Gasteiger partial charge on any atom is -0.381 e. The van der Waals surface area contributed by atoms with Crippen molar-refractivity contribution in [2.45, 2.75) is 20.3 Å². The summed E-state index contributed by atoms with van der Waals surface area (Å²) in [5.41, 5.74) is 0. The van der Waals surface area contributed by atoms with E-state index in [9.17, 15) is 8.42 Å². The summed E-state index contributed by atoms with van der Waals surface area (Å²) < 4.78 is 29.6. The first-order chi connectivity index (χ1) is 6.48. The van der Waals surface area contributed by atoms with Crippen LogP contribution in [-0.4, -0.2) is 32.8 Å². The molecule has 0 atom stereocenters. The Labute approximate surface area is 94.6 Å². The van der Waals surface area contributed by atoms with Crippen LogP contribution in [0, 0.1) is 5.92 Å². The van der Waals surface area contributed by atoms with Gasteiger partial charge in [-0.2, -0.15) is 0 Å². The van der Waals surface area contributed by atoms with Crippen molar-refractivity contribution in [3.8, 4) is 0 Å². The molecule has 86 valence electrons. The summed E-state index contributed by atoms with van der Waals surface area (Å²) in [5.74, 6) is 0.522. The van der Waals surface area contributed by atoms with Crippen LogP contribution in [0.3, 0.4) is 0 Å². The van der Waals surface area contributed by atoms with Gasteiger partial charge in [-0.05, 0) is 12.3 Å². The molecule has 0 radical (unpaired) electrons. The lowest BCUT2D eigenvalue weighted by Crippen LogP contribution is -2.26. The standard InChI is InChI=1S/C8H18BrNO3S/c1-8(2)6-13-5-3-4-10-14(11,12)7-9/h8,10H,3-7H2,1-2H3. The molecule has 0 aromatic heterocycles. The Hall–Kier alpha value is 0.350. The molecule has 0 unspecified atom stereocenters. The summed E-state index contributed by atoms with van der Waals surface area (Å²) in [6.45, 7) is 5.92. The zero-order valence-corrected chi connectivity index (χ0v) is 11.0. The van der Waals surface area contributed by atoms with Crippen LogP contribution in [-0.2, 0) is 14.8 Å². The fraction of sp³-hybridized carbons (Fsp3) is 1.00. The van der Waals surface area contributed by atoms with Crippen molar-refractivity contribution in [1.82, 2.24) is 4.72 Å². The Kier molecular flexibility index (Phi) is 7.81. The number of halogens is 1. The van der Waals surface area contributed by atoms with Crippen LogP contribution in [0.15, 0.2) is 0 Å². The van der Waals surface area contributed by atoms with Gasteiger partial charge in [0.25, 0.3) is 0 Å². The van der Waals surface area contributed by atoms with Crippen LogP contribution in [0.5, 0.6) is 0 Å². The Bertz CT molecular complexity index is 229. The normalized spacial score (nSPS) is 12.3. The highest BCUT2D eigenvalue weighted by Crippen LogP contribution is 1.94. The van der Waals surface area contributed by atoms with E-state index in [1.165, 1.54) is 0 Å². The molecular weight excluding hydrogens is 270 g/mol. The fourth-order valence-corrected chi connectivity index (χ4v) is 1.78. The molecule has 0 fully saturated rings. The number of hydrogen-bond acceptors (Lipinski definition) is 3. The molecule has 0 aromatic carbocycles. The third-order valence-corrected chi connectivity index (χ3v) is 4.12. The van der Waals surface area contributed by atoms with Crippen LogP contribution in [0.2, 0.25) is 0 Å². The van der Waals surface area contributed by atoms with Crippen LogP contribution in [0.4, 0.5) is 0 Å². The molecule has 0 aliphatic carbocycles. The number of ether oxygens (including phenoxy) is 1. The molecule has 0 aromatic rings. The maximum absolute atomic E-state index is 10.9. The van der Waals surface area contributed by atoms with Crippen LogP contribution in [0.25, 0.3) is 0 Å². The van der Waals surface area contributed by atoms with Gasteiger partial charge in [0.2, 0.25) is 10.0 Å². The molecule has 4 nitrogen and oxygen atoms in total.